The van der Waals surface area contributed by atoms with E-state index in [9.17, 15) is 0 Å². The lowest BCUT2D eigenvalue weighted by Gasteiger charge is -2.05. The third kappa shape index (κ3) is 9.36. The van der Waals surface area contributed by atoms with Gasteiger partial charge in [0.1, 0.15) is 0 Å². The molecule has 1 aromatic rings. The molecule has 0 unspecified atom stereocenters. The van der Waals surface area contributed by atoms with Gasteiger partial charge in [-0.05, 0) is 31.4 Å². The molecule has 0 radical (unpaired) electrons. The number of aromatic nitrogens is 1. The van der Waals surface area contributed by atoms with E-state index in [0.717, 1.165) is 0 Å². The van der Waals surface area contributed by atoms with E-state index < -0.39 is 0 Å². The molecular formula is C18H32ClN. The number of halogens is 1. The minimum atomic E-state index is 0. The summed E-state index contributed by atoms with van der Waals surface area (Å²) in [6.07, 6.45) is 17.2. The normalized spacial score (nSPS) is 10.3. The van der Waals surface area contributed by atoms with Crippen molar-refractivity contribution in [3.8, 4) is 0 Å². The Morgan fingerprint density at radius 2 is 1.40 bits per heavy atom. The van der Waals surface area contributed by atoms with Crippen LogP contribution in [0, 0.1) is 6.92 Å². The number of unbranched alkanes of at least 4 members (excludes halogenated alkanes) is 9. The van der Waals surface area contributed by atoms with Crippen molar-refractivity contribution in [2.75, 3.05) is 0 Å². The standard InChI is InChI=1S/C18H31N.ClH/c1-3-4-5-6-7-8-9-10-11-12-14-18-15-13-16-19-17(18)2;/h13,15-16H,3-12,14H2,1-2H3;1H. The van der Waals surface area contributed by atoms with Crippen molar-refractivity contribution in [3.63, 3.8) is 0 Å². The lowest BCUT2D eigenvalue weighted by molar-refractivity contribution is 0.556. The van der Waals surface area contributed by atoms with Gasteiger partial charge in [-0.1, -0.05) is 70.8 Å². The maximum atomic E-state index is 4.34. The topological polar surface area (TPSA) is 12.9 Å². The first-order valence-electron chi connectivity index (χ1n) is 8.25. The molecule has 0 fully saturated rings. The number of rotatable bonds is 11. The second kappa shape index (κ2) is 13.4. The van der Waals surface area contributed by atoms with Crippen LogP contribution in [0.3, 0.4) is 0 Å². The second-order valence-corrected chi connectivity index (χ2v) is 5.68. The van der Waals surface area contributed by atoms with Crippen LogP contribution >= 0.6 is 12.4 Å². The van der Waals surface area contributed by atoms with E-state index in [1.54, 1.807) is 0 Å². The zero-order chi connectivity index (χ0) is 13.8. The van der Waals surface area contributed by atoms with Crippen molar-refractivity contribution in [3.05, 3.63) is 29.6 Å². The Morgan fingerprint density at radius 1 is 0.850 bits per heavy atom. The minimum Gasteiger partial charge on any atom is -0.261 e. The lowest BCUT2D eigenvalue weighted by atomic mass is 10.0. The molecule has 2 heteroatoms. The molecule has 0 bridgehead atoms. The van der Waals surface area contributed by atoms with Gasteiger partial charge in [0.05, 0.1) is 0 Å². The molecule has 0 aliphatic heterocycles. The van der Waals surface area contributed by atoms with Crippen LogP contribution in [0.4, 0.5) is 0 Å². The number of aryl methyl sites for hydroxylation is 2. The highest BCUT2D eigenvalue weighted by Gasteiger charge is 1.98. The predicted octanol–water partition coefficient (Wildman–Crippen LogP) is 6.28. The van der Waals surface area contributed by atoms with Crippen LogP contribution in [0.2, 0.25) is 0 Å². The van der Waals surface area contributed by atoms with Crippen molar-refractivity contribution in [1.29, 1.82) is 0 Å². The van der Waals surface area contributed by atoms with Gasteiger partial charge in [-0.25, -0.2) is 0 Å². The van der Waals surface area contributed by atoms with E-state index in [1.165, 1.54) is 81.9 Å². The summed E-state index contributed by atoms with van der Waals surface area (Å²) in [7, 11) is 0. The molecule has 0 saturated heterocycles. The summed E-state index contributed by atoms with van der Waals surface area (Å²) in [4.78, 5) is 4.34. The molecule has 1 aromatic heterocycles. The van der Waals surface area contributed by atoms with Crippen molar-refractivity contribution >= 4 is 12.4 Å². The highest BCUT2D eigenvalue weighted by atomic mass is 35.5. The van der Waals surface area contributed by atoms with Crippen molar-refractivity contribution in [2.24, 2.45) is 0 Å². The minimum absolute atomic E-state index is 0. The van der Waals surface area contributed by atoms with Gasteiger partial charge < -0.3 is 0 Å². The van der Waals surface area contributed by atoms with Crippen LogP contribution in [0.25, 0.3) is 0 Å². The highest BCUT2D eigenvalue weighted by molar-refractivity contribution is 5.85. The summed E-state index contributed by atoms with van der Waals surface area (Å²) >= 11 is 0. The van der Waals surface area contributed by atoms with Gasteiger partial charge in [0.2, 0.25) is 0 Å². The summed E-state index contributed by atoms with van der Waals surface area (Å²) < 4.78 is 0. The molecule has 0 amide bonds. The summed E-state index contributed by atoms with van der Waals surface area (Å²) in [5.41, 5.74) is 2.64. The van der Waals surface area contributed by atoms with Gasteiger partial charge in [0, 0.05) is 11.9 Å². The molecule has 0 spiro atoms. The fourth-order valence-corrected chi connectivity index (χ4v) is 2.58. The van der Waals surface area contributed by atoms with Crippen LogP contribution in [0.1, 0.15) is 82.4 Å². The van der Waals surface area contributed by atoms with Gasteiger partial charge >= 0.3 is 0 Å². The Morgan fingerprint density at radius 3 is 1.95 bits per heavy atom. The first-order chi connectivity index (χ1) is 9.34. The van der Waals surface area contributed by atoms with Gasteiger partial charge in [-0.2, -0.15) is 0 Å². The smallest absolute Gasteiger partial charge is 0.0404 e. The third-order valence-electron chi connectivity index (χ3n) is 3.92. The molecule has 1 rings (SSSR count). The van der Waals surface area contributed by atoms with E-state index in [1.807, 2.05) is 6.20 Å². The lowest BCUT2D eigenvalue weighted by Crippen LogP contribution is -1.92. The molecular weight excluding hydrogens is 266 g/mol. The maximum absolute atomic E-state index is 4.34. The Kier molecular flexibility index (Phi) is 13.0. The van der Waals surface area contributed by atoms with Crippen LogP contribution in [0.15, 0.2) is 18.3 Å². The molecule has 0 aliphatic rings. The first kappa shape index (κ1) is 19.4. The molecule has 1 nitrogen and oxygen atoms in total. The molecule has 20 heavy (non-hydrogen) atoms. The molecule has 0 N–H and O–H groups in total. The zero-order valence-electron chi connectivity index (χ0n) is 13.4. The second-order valence-electron chi connectivity index (χ2n) is 5.68. The Hall–Kier alpha value is -0.560. The molecule has 1 heterocycles. The summed E-state index contributed by atoms with van der Waals surface area (Å²) in [5.74, 6) is 0. The van der Waals surface area contributed by atoms with E-state index in [4.69, 9.17) is 0 Å². The number of pyridine rings is 1. The van der Waals surface area contributed by atoms with Crippen LogP contribution in [-0.2, 0) is 6.42 Å². The van der Waals surface area contributed by atoms with Crippen LogP contribution < -0.4 is 0 Å². The fraction of sp³-hybridized carbons (Fsp3) is 0.722. The van der Waals surface area contributed by atoms with Gasteiger partial charge in [0.25, 0.3) is 0 Å². The van der Waals surface area contributed by atoms with Crippen molar-refractivity contribution in [2.45, 2.75) is 84.5 Å². The molecule has 0 atom stereocenters. The molecule has 116 valence electrons. The quantitative estimate of drug-likeness (QED) is 0.438. The molecule has 0 saturated carbocycles. The SMILES string of the molecule is CCCCCCCCCCCCc1cccnc1C.Cl. The zero-order valence-corrected chi connectivity index (χ0v) is 14.2. The summed E-state index contributed by atoms with van der Waals surface area (Å²) in [5, 5.41) is 0. The van der Waals surface area contributed by atoms with E-state index >= 15 is 0 Å². The number of hydrogen-bond donors (Lipinski definition) is 0. The Labute approximate surface area is 132 Å². The van der Waals surface area contributed by atoms with Crippen molar-refractivity contribution < 1.29 is 0 Å². The maximum Gasteiger partial charge on any atom is 0.0404 e. The van der Waals surface area contributed by atoms with Crippen LogP contribution in [-0.4, -0.2) is 4.98 Å². The molecule has 0 aliphatic carbocycles. The van der Waals surface area contributed by atoms with Crippen LogP contribution in [0.5, 0.6) is 0 Å². The van der Waals surface area contributed by atoms with Gasteiger partial charge in [0.15, 0.2) is 0 Å². The monoisotopic (exact) mass is 297 g/mol. The van der Waals surface area contributed by atoms with E-state index in [0.29, 0.717) is 0 Å². The average Bonchev–Trinajstić information content (AvgIpc) is 2.43. The van der Waals surface area contributed by atoms with E-state index in [-0.39, 0.29) is 12.4 Å². The molecule has 0 aromatic carbocycles. The summed E-state index contributed by atoms with van der Waals surface area (Å²) in [6, 6.07) is 4.27. The third-order valence-corrected chi connectivity index (χ3v) is 3.92. The number of hydrogen-bond acceptors (Lipinski definition) is 1. The summed E-state index contributed by atoms with van der Waals surface area (Å²) in [6.45, 7) is 4.40. The average molecular weight is 298 g/mol. The van der Waals surface area contributed by atoms with Gasteiger partial charge in [-0.3, -0.25) is 4.98 Å². The van der Waals surface area contributed by atoms with Crippen molar-refractivity contribution in [1.82, 2.24) is 4.98 Å². The fourth-order valence-electron chi connectivity index (χ4n) is 2.58. The number of nitrogens with zero attached hydrogens (tertiary/aromatic N) is 1. The predicted molar refractivity (Wildman–Crippen MR) is 91.8 cm³/mol. The van der Waals surface area contributed by atoms with Gasteiger partial charge in [-0.15, -0.1) is 12.4 Å². The Balaban J connectivity index is 0.00000361. The largest absolute Gasteiger partial charge is 0.261 e. The van der Waals surface area contributed by atoms with E-state index in [2.05, 4.69) is 31.0 Å². The highest BCUT2D eigenvalue weighted by Crippen LogP contribution is 2.13. The first-order valence-corrected chi connectivity index (χ1v) is 8.25. The Bertz CT molecular complexity index is 325.